The fraction of sp³-hybridized carbons (Fsp3) is 0.222. The number of allylic oxidation sites excluding steroid dienone is 1. The first-order valence-electron chi connectivity index (χ1n) is 7.56. The van der Waals surface area contributed by atoms with Gasteiger partial charge in [-0.05, 0) is 41.1 Å². The van der Waals surface area contributed by atoms with Crippen molar-refractivity contribution in [3.8, 4) is 0 Å². The highest BCUT2D eigenvalue weighted by Crippen LogP contribution is 2.32. The second kappa shape index (κ2) is 6.17. The quantitative estimate of drug-likeness (QED) is 0.657. The maximum atomic E-state index is 12.6. The van der Waals surface area contributed by atoms with Crippen LogP contribution in [0.25, 0.3) is 5.57 Å². The summed E-state index contributed by atoms with van der Waals surface area (Å²) in [4.78, 5) is 0. The van der Waals surface area contributed by atoms with Gasteiger partial charge in [0.1, 0.15) is 0 Å². The summed E-state index contributed by atoms with van der Waals surface area (Å²) in [5.41, 5.74) is 0.748. The third kappa shape index (κ3) is 3.97. The van der Waals surface area contributed by atoms with Crippen LogP contribution in [0.15, 0.2) is 61.2 Å². The van der Waals surface area contributed by atoms with E-state index >= 15 is 0 Å². The van der Waals surface area contributed by atoms with Crippen molar-refractivity contribution in [3.05, 3.63) is 77.9 Å². The minimum atomic E-state index is -4.39. The zero-order valence-electron chi connectivity index (χ0n) is 13.6. The van der Waals surface area contributed by atoms with Gasteiger partial charge in [0.15, 0.2) is 0 Å². The van der Waals surface area contributed by atoms with Crippen LogP contribution in [0.4, 0.5) is 13.2 Å². The van der Waals surface area contributed by atoms with Crippen LogP contribution in [-0.2, 0) is 6.18 Å². The van der Waals surface area contributed by atoms with Crippen molar-refractivity contribution in [2.24, 2.45) is 0 Å². The fourth-order valence-corrected chi connectivity index (χ4v) is 2.03. The van der Waals surface area contributed by atoms with Crippen LogP contribution >= 0.6 is 0 Å². The molecule has 0 saturated heterocycles. The van der Waals surface area contributed by atoms with Crippen molar-refractivity contribution in [1.29, 1.82) is 0 Å². The van der Waals surface area contributed by atoms with Gasteiger partial charge in [-0.15, -0.1) is 0 Å². The van der Waals surface area contributed by atoms with Gasteiger partial charge in [-0.3, -0.25) is 0 Å². The summed E-state index contributed by atoms with van der Waals surface area (Å²) < 4.78 is 54.5. The number of alkyl halides is 3. The molecule has 1 atom stereocenters. The van der Waals surface area contributed by atoms with Gasteiger partial charge in [0.25, 0.3) is 0 Å². The minimum Gasteiger partial charge on any atom is -0.166 e. The molecule has 0 spiro atoms. The van der Waals surface area contributed by atoms with Crippen molar-refractivity contribution in [2.45, 2.75) is 25.4 Å². The van der Waals surface area contributed by atoms with Gasteiger partial charge in [-0.2, -0.15) is 13.2 Å². The highest BCUT2D eigenvalue weighted by atomic mass is 19.4. The highest BCUT2D eigenvalue weighted by Gasteiger charge is 2.30. The Balaban J connectivity index is 2.28. The van der Waals surface area contributed by atoms with Gasteiger partial charge in [-0.1, -0.05) is 56.0 Å². The van der Waals surface area contributed by atoms with Crippen molar-refractivity contribution < 1.29 is 15.9 Å². The summed E-state index contributed by atoms with van der Waals surface area (Å²) in [6.45, 7) is 5.49. The van der Waals surface area contributed by atoms with E-state index in [2.05, 4.69) is 6.58 Å². The van der Waals surface area contributed by atoms with E-state index in [1.54, 1.807) is 31.2 Å². The molecule has 0 heterocycles. The predicted octanol–water partition coefficient (Wildman–Crippen LogP) is 5.91. The van der Waals surface area contributed by atoms with Gasteiger partial charge in [-0.25, -0.2) is 0 Å². The predicted molar refractivity (Wildman–Crippen MR) is 80.0 cm³/mol. The Kier molecular flexibility index (Phi) is 3.73. The number of hydrogen-bond acceptors (Lipinski definition) is 0. The lowest BCUT2D eigenvalue weighted by Gasteiger charge is -2.15. The summed E-state index contributed by atoms with van der Waals surface area (Å²) in [5, 5.41) is 0. The summed E-state index contributed by atoms with van der Waals surface area (Å²) in [5.74, 6) is -0.627. The summed E-state index contributed by atoms with van der Waals surface area (Å²) in [7, 11) is 0. The molecule has 110 valence electrons. The van der Waals surface area contributed by atoms with E-state index in [0.717, 1.165) is 12.1 Å². The summed E-state index contributed by atoms with van der Waals surface area (Å²) in [6, 6.07) is 13.5. The SMILES string of the molecule is [2H]C([2H])(C(=C)c1ccccc1)[C@@H](C)c1ccc(C(F)(F)F)cc1. The molecule has 0 N–H and O–H groups in total. The molecule has 0 amide bonds. The van der Waals surface area contributed by atoms with Crippen LogP contribution in [0.2, 0.25) is 0 Å². The maximum absolute atomic E-state index is 12.6. The Labute approximate surface area is 125 Å². The topological polar surface area (TPSA) is 0 Å². The molecule has 2 aromatic rings. The molecule has 0 aromatic heterocycles. The molecule has 3 heteroatoms. The Hall–Kier alpha value is -2.03. The van der Waals surface area contributed by atoms with Gasteiger partial charge in [0.2, 0.25) is 0 Å². The van der Waals surface area contributed by atoms with Crippen LogP contribution in [0.5, 0.6) is 0 Å². The van der Waals surface area contributed by atoms with E-state index in [0.29, 0.717) is 16.7 Å². The number of halogens is 3. The number of rotatable bonds is 4. The Morgan fingerprint density at radius 3 is 2.19 bits per heavy atom. The Morgan fingerprint density at radius 1 is 1.10 bits per heavy atom. The van der Waals surface area contributed by atoms with E-state index in [1.807, 2.05) is 6.07 Å². The highest BCUT2D eigenvalue weighted by molar-refractivity contribution is 5.63. The molecule has 0 fully saturated rings. The van der Waals surface area contributed by atoms with Gasteiger partial charge < -0.3 is 0 Å². The third-order valence-electron chi connectivity index (χ3n) is 3.25. The molecule has 21 heavy (non-hydrogen) atoms. The molecule has 0 aliphatic carbocycles. The first kappa shape index (κ1) is 12.7. The van der Waals surface area contributed by atoms with E-state index in [4.69, 9.17) is 2.74 Å². The molecular formula is C18H17F3. The smallest absolute Gasteiger partial charge is 0.166 e. The van der Waals surface area contributed by atoms with Crippen LogP contribution < -0.4 is 0 Å². The van der Waals surface area contributed by atoms with Gasteiger partial charge in [0.05, 0.1) is 5.56 Å². The van der Waals surface area contributed by atoms with E-state index in [1.165, 1.54) is 12.1 Å². The largest absolute Gasteiger partial charge is 0.416 e. The average molecular weight is 292 g/mol. The van der Waals surface area contributed by atoms with Crippen LogP contribution in [0.3, 0.4) is 0 Å². The number of hydrogen-bond donors (Lipinski definition) is 0. The molecule has 0 unspecified atom stereocenters. The molecular weight excluding hydrogens is 273 g/mol. The van der Waals surface area contributed by atoms with Crippen LogP contribution in [0, 0.1) is 0 Å². The van der Waals surface area contributed by atoms with E-state index in [-0.39, 0.29) is 0 Å². The lowest BCUT2D eigenvalue weighted by Crippen LogP contribution is -2.05. The molecule has 2 rings (SSSR count). The second-order valence-electron chi connectivity index (χ2n) is 4.83. The normalized spacial score (nSPS) is 15.0. The molecule has 0 aliphatic rings. The first-order valence-corrected chi connectivity index (χ1v) is 6.56. The monoisotopic (exact) mass is 292 g/mol. The molecule has 0 nitrogen and oxygen atoms in total. The fourth-order valence-electron chi connectivity index (χ4n) is 2.03. The standard InChI is InChI=1S/C18H17F3/c1-13(15-6-4-3-5-7-15)12-14(2)16-8-10-17(11-9-16)18(19,20)21/h3-11,14H,1,12H2,2H3/t14-/m1/s1/i12D2. The lowest BCUT2D eigenvalue weighted by molar-refractivity contribution is -0.137. The van der Waals surface area contributed by atoms with Crippen molar-refractivity contribution in [3.63, 3.8) is 0 Å². The minimum absolute atomic E-state index is 0.311. The van der Waals surface area contributed by atoms with Crippen molar-refractivity contribution in [1.82, 2.24) is 0 Å². The van der Waals surface area contributed by atoms with E-state index in [9.17, 15) is 13.2 Å². The molecule has 0 aliphatic heterocycles. The zero-order valence-corrected chi connectivity index (χ0v) is 11.6. The first-order chi connectivity index (χ1) is 10.6. The van der Waals surface area contributed by atoms with Crippen molar-refractivity contribution >= 4 is 5.57 Å². The molecule has 0 saturated carbocycles. The zero-order chi connectivity index (χ0) is 17.3. The van der Waals surface area contributed by atoms with Gasteiger partial charge >= 0.3 is 6.18 Å². The van der Waals surface area contributed by atoms with Crippen molar-refractivity contribution in [2.75, 3.05) is 0 Å². The lowest BCUT2D eigenvalue weighted by atomic mass is 9.91. The summed E-state index contributed by atoms with van der Waals surface area (Å²) in [6.07, 6.45) is -6.17. The average Bonchev–Trinajstić information content (AvgIpc) is 2.53. The van der Waals surface area contributed by atoms with Crippen LogP contribution in [-0.4, -0.2) is 0 Å². The second-order valence-corrected chi connectivity index (χ2v) is 4.83. The van der Waals surface area contributed by atoms with E-state index < -0.39 is 24.0 Å². The maximum Gasteiger partial charge on any atom is 0.416 e. The Bertz CT molecular complexity index is 674. The summed E-state index contributed by atoms with van der Waals surface area (Å²) >= 11 is 0. The Morgan fingerprint density at radius 2 is 1.67 bits per heavy atom. The third-order valence-corrected chi connectivity index (χ3v) is 3.25. The molecule has 0 bridgehead atoms. The molecule has 2 aromatic carbocycles. The molecule has 0 radical (unpaired) electrons. The van der Waals surface area contributed by atoms with Crippen LogP contribution in [0.1, 0.15) is 38.6 Å². The van der Waals surface area contributed by atoms with Gasteiger partial charge in [0, 0.05) is 2.74 Å². The number of benzene rings is 2.